The van der Waals surface area contributed by atoms with E-state index in [4.69, 9.17) is 8.83 Å². The predicted octanol–water partition coefficient (Wildman–Crippen LogP) is 18.2. The first-order valence-electron chi connectivity index (χ1n) is 23.2. The summed E-state index contributed by atoms with van der Waals surface area (Å²) in [6.45, 7) is 0. The maximum absolute atomic E-state index is 7.07. The second kappa shape index (κ2) is 15.2. The van der Waals surface area contributed by atoms with Gasteiger partial charge < -0.3 is 18.3 Å². The van der Waals surface area contributed by atoms with E-state index in [0.29, 0.717) is 0 Å². The summed E-state index contributed by atoms with van der Waals surface area (Å²) in [5.74, 6) is 0. The van der Waals surface area contributed by atoms with Crippen LogP contribution >= 0.6 is 0 Å². The Morgan fingerprint density at radius 3 is 1.57 bits per heavy atom. The number of furan rings is 2. The molecule has 0 aliphatic rings. The van der Waals surface area contributed by atoms with Gasteiger partial charge >= 0.3 is 0 Å². The molecule has 3 heterocycles. The van der Waals surface area contributed by atoms with Gasteiger partial charge in [-0.3, -0.25) is 0 Å². The first-order chi connectivity index (χ1) is 33.7. The lowest BCUT2D eigenvalue weighted by Crippen LogP contribution is -2.12. The van der Waals surface area contributed by atoms with Crippen molar-refractivity contribution in [3.8, 4) is 39.1 Å². The smallest absolute Gasteiger partial charge is 0.145 e. The van der Waals surface area contributed by atoms with Crippen LogP contribution in [-0.4, -0.2) is 4.57 Å². The summed E-state index contributed by atoms with van der Waals surface area (Å²) >= 11 is 0. The number of hydrogen-bond acceptors (Lipinski definition) is 3. The average Bonchev–Trinajstić information content (AvgIpc) is 4.09. The number of benzene rings is 11. The fourth-order valence-electron chi connectivity index (χ4n) is 10.8. The van der Waals surface area contributed by atoms with E-state index in [9.17, 15) is 0 Å². The van der Waals surface area contributed by atoms with Gasteiger partial charge in [0.25, 0.3) is 0 Å². The Balaban J connectivity index is 1.02. The van der Waals surface area contributed by atoms with Crippen molar-refractivity contribution in [1.82, 2.24) is 4.57 Å². The summed E-state index contributed by atoms with van der Waals surface area (Å²) in [6.07, 6.45) is 0. The monoisotopic (exact) mass is 868 g/mol. The Morgan fingerprint density at radius 1 is 0.324 bits per heavy atom. The summed E-state index contributed by atoms with van der Waals surface area (Å²) in [5, 5.41) is 9.27. The van der Waals surface area contributed by atoms with Gasteiger partial charge in [0.2, 0.25) is 0 Å². The number of hydrogen-bond donors (Lipinski definition) is 0. The van der Waals surface area contributed by atoms with Crippen molar-refractivity contribution in [2.75, 3.05) is 4.90 Å². The molecule has 0 saturated carbocycles. The van der Waals surface area contributed by atoms with E-state index in [1.165, 1.54) is 27.1 Å². The largest absolute Gasteiger partial charge is 0.456 e. The van der Waals surface area contributed by atoms with Gasteiger partial charge in [-0.2, -0.15) is 0 Å². The van der Waals surface area contributed by atoms with Gasteiger partial charge in [-0.25, -0.2) is 0 Å². The number of nitrogens with zero attached hydrogens (tertiary/aromatic N) is 2. The molecule has 0 unspecified atom stereocenters. The normalized spacial score (nSPS) is 11.8. The van der Waals surface area contributed by atoms with Crippen LogP contribution in [0.1, 0.15) is 0 Å². The van der Waals surface area contributed by atoms with Crippen molar-refractivity contribution in [1.29, 1.82) is 0 Å². The van der Waals surface area contributed by atoms with Crippen molar-refractivity contribution in [2.45, 2.75) is 0 Å². The molecule has 0 aliphatic carbocycles. The van der Waals surface area contributed by atoms with Crippen LogP contribution in [0.5, 0.6) is 0 Å². The van der Waals surface area contributed by atoms with Crippen LogP contribution in [0.3, 0.4) is 0 Å². The molecule has 0 atom stereocenters. The lowest BCUT2D eigenvalue weighted by atomic mass is 9.95. The number of fused-ring (bicyclic) bond motifs is 10. The van der Waals surface area contributed by atoms with Crippen LogP contribution in [0, 0.1) is 0 Å². The van der Waals surface area contributed by atoms with Gasteiger partial charge in [0.05, 0.1) is 28.0 Å². The van der Waals surface area contributed by atoms with E-state index in [-0.39, 0.29) is 0 Å². The summed E-state index contributed by atoms with van der Waals surface area (Å²) in [7, 11) is 0. The minimum atomic E-state index is 0.837. The molecule has 14 rings (SSSR count). The molecule has 318 valence electrons. The topological polar surface area (TPSA) is 34.5 Å². The minimum Gasteiger partial charge on any atom is -0.456 e. The van der Waals surface area contributed by atoms with Crippen LogP contribution in [0.15, 0.2) is 251 Å². The highest BCUT2D eigenvalue weighted by Crippen LogP contribution is 2.49. The fourth-order valence-corrected chi connectivity index (χ4v) is 10.8. The van der Waals surface area contributed by atoms with E-state index in [1.54, 1.807) is 0 Å². The van der Waals surface area contributed by atoms with Crippen LogP contribution in [0.4, 0.5) is 17.1 Å². The van der Waals surface area contributed by atoms with E-state index in [0.717, 1.165) is 105 Å². The summed E-state index contributed by atoms with van der Waals surface area (Å²) in [4.78, 5) is 2.40. The van der Waals surface area contributed by atoms with Gasteiger partial charge in [0, 0.05) is 49.3 Å². The molecular weight excluding hydrogens is 829 g/mol. The zero-order valence-corrected chi connectivity index (χ0v) is 36.8. The maximum Gasteiger partial charge on any atom is 0.145 e. The second-order valence-corrected chi connectivity index (χ2v) is 17.6. The minimum absolute atomic E-state index is 0.837. The third kappa shape index (κ3) is 5.87. The maximum atomic E-state index is 7.07. The van der Waals surface area contributed by atoms with E-state index < -0.39 is 0 Å². The van der Waals surface area contributed by atoms with Crippen molar-refractivity contribution >= 4 is 93.5 Å². The van der Waals surface area contributed by atoms with E-state index in [1.807, 2.05) is 12.1 Å². The molecule has 11 aromatic carbocycles. The number of para-hydroxylation sites is 5. The Morgan fingerprint density at radius 2 is 0.838 bits per heavy atom. The summed E-state index contributed by atoms with van der Waals surface area (Å²) < 4.78 is 15.8. The van der Waals surface area contributed by atoms with Crippen molar-refractivity contribution in [3.63, 3.8) is 0 Å². The molecule has 3 aromatic heterocycles. The zero-order valence-electron chi connectivity index (χ0n) is 36.8. The highest BCUT2D eigenvalue weighted by molar-refractivity contribution is 6.16. The molecule has 0 aliphatic heterocycles. The van der Waals surface area contributed by atoms with Crippen LogP contribution in [-0.2, 0) is 0 Å². The first kappa shape index (κ1) is 38.2. The molecule has 0 N–H and O–H groups in total. The lowest BCUT2D eigenvalue weighted by molar-refractivity contribution is 0.669. The van der Waals surface area contributed by atoms with Crippen LogP contribution in [0.25, 0.3) is 116 Å². The standard InChI is InChI=1S/C64H40N2O2/c1-2-17-46-41(15-1)16-13-23-47(46)42-31-35-44(36-32-42)65(45-37-33-43(34-38-45)48-24-14-30-61-62(48)54-22-7-12-29-60(54)67-61)58-40-39-52-51-20-6-11-28-59(51)68-64(52)63(58)53-21-5-10-27-57(53)66-55-25-8-3-18-49(55)50-19-4-9-26-56(50)66/h1-40H. The Kier molecular flexibility index (Phi) is 8.55. The summed E-state index contributed by atoms with van der Waals surface area (Å²) in [6, 6.07) is 87.0. The third-order valence-electron chi connectivity index (χ3n) is 13.8. The van der Waals surface area contributed by atoms with Gasteiger partial charge in [-0.05, 0) is 106 Å². The second-order valence-electron chi connectivity index (χ2n) is 17.6. The van der Waals surface area contributed by atoms with Gasteiger partial charge in [-0.1, -0.05) is 170 Å². The third-order valence-corrected chi connectivity index (χ3v) is 13.8. The van der Waals surface area contributed by atoms with Crippen LogP contribution in [0.2, 0.25) is 0 Å². The summed E-state index contributed by atoms with van der Waals surface area (Å²) in [5.41, 5.74) is 16.5. The van der Waals surface area contributed by atoms with Crippen molar-refractivity contribution in [3.05, 3.63) is 243 Å². The molecule has 0 fully saturated rings. The van der Waals surface area contributed by atoms with Gasteiger partial charge in [0.1, 0.15) is 22.3 Å². The zero-order chi connectivity index (χ0) is 44.7. The molecule has 14 aromatic rings. The Labute approximate surface area is 391 Å². The number of aromatic nitrogens is 1. The molecule has 0 radical (unpaired) electrons. The molecular formula is C64H40N2O2. The quantitative estimate of drug-likeness (QED) is 0.160. The molecule has 0 saturated heterocycles. The van der Waals surface area contributed by atoms with Gasteiger partial charge in [-0.15, -0.1) is 0 Å². The Bertz CT molecular complexity index is 4210. The molecule has 4 heteroatoms. The highest BCUT2D eigenvalue weighted by atomic mass is 16.3. The Hall–Kier alpha value is -9.12. The molecule has 0 bridgehead atoms. The molecule has 68 heavy (non-hydrogen) atoms. The number of anilines is 3. The van der Waals surface area contributed by atoms with Crippen molar-refractivity contribution < 1.29 is 8.83 Å². The molecule has 4 nitrogen and oxygen atoms in total. The van der Waals surface area contributed by atoms with E-state index >= 15 is 0 Å². The van der Waals surface area contributed by atoms with Crippen LogP contribution < -0.4 is 4.90 Å². The van der Waals surface area contributed by atoms with Gasteiger partial charge in [0.15, 0.2) is 0 Å². The molecule has 0 spiro atoms. The highest BCUT2D eigenvalue weighted by Gasteiger charge is 2.26. The fraction of sp³-hybridized carbons (Fsp3) is 0. The number of rotatable bonds is 7. The average molecular weight is 869 g/mol. The van der Waals surface area contributed by atoms with Crippen molar-refractivity contribution in [2.24, 2.45) is 0 Å². The van der Waals surface area contributed by atoms with E-state index in [2.05, 4.69) is 240 Å². The molecule has 0 amide bonds. The lowest BCUT2D eigenvalue weighted by Gasteiger charge is -2.29. The first-order valence-corrected chi connectivity index (χ1v) is 23.2. The SMILES string of the molecule is c1ccc(-n2c3ccccc3c3ccccc32)c(-c2c(N(c3ccc(-c4cccc5ccccc45)cc3)c3ccc(-c4cccc5oc6ccccc6c45)cc3)ccc3c2oc2ccccc23)c1. The predicted molar refractivity (Wildman–Crippen MR) is 284 cm³/mol.